The average Bonchev–Trinajstić information content (AvgIpc) is 3.11. The van der Waals surface area contributed by atoms with Crippen molar-refractivity contribution in [2.75, 3.05) is 7.05 Å². The minimum absolute atomic E-state index is 0.201. The standard InChI is InChI=1S/C42H36N4/c1-28-11-10-17-39(45-28)40-23-20-32(27-46(40)2)42-34-15-7-6-14-33(34)41(31-19-22-38(44-26-31)37-16-8-9-24-43-37)35-21-18-30(25-36(35)42)29-12-4-3-5-13-29/h3-9,12-16,18-28,40H,10-11,17H2,1-2H3. The van der Waals surface area contributed by atoms with Gasteiger partial charge in [-0.2, -0.15) is 0 Å². The highest BCUT2D eigenvalue weighted by Crippen LogP contribution is 2.44. The van der Waals surface area contributed by atoms with Crippen molar-refractivity contribution in [2.45, 2.75) is 38.3 Å². The number of hydrogen-bond donors (Lipinski definition) is 0. The smallest absolute Gasteiger partial charge is 0.0886 e. The van der Waals surface area contributed by atoms with E-state index in [-0.39, 0.29) is 6.04 Å². The van der Waals surface area contributed by atoms with E-state index in [0.29, 0.717) is 6.04 Å². The van der Waals surface area contributed by atoms with E-state index in [9.17, 15) is 0 Å². The van der Waals surface area contributed by atoms with E-state index in [1.54, 1.807) is 0 Å². The molecular weight excluding hydrogens is 560 g/mol. The van der Waals surface area contributed by atoms with Gasteiger partial charge in [0.05, 0.1) is 17.4 Å². The Hall–Kier alpha value is -5.35. The second-order valence-electron chi connectivity index (χ2n) is 12.5. The monoisotopic (exact) mass is 596 g/mol. The van der Waals surface area contributed by atoms with Crippen molar-refractivity contribution in [3.05, 3.63) is 139 Å². The number of nitrogens with zero attached hydrogens (tertiary/aromatic N) is 4. The summed E-state index contributed by atoms with van der Waals surface area (Å²) in [6.45, 7) is 2.23. The van der Waals surface area contributed by atoms with Gasteiger partial charge >= 0.3 is 0 Å². The molecule has 6 aromatic rings. The molecule has 0 amide bonds. The molecule has 4 nitrogen and oxygen atoms in total. The first kappa shape index (κ1) is 28.1. The van der Waals surface area contributed by atoms with Gasteiger partial charge in [0.2, 0.25) is 0 Å². The Labute approximate surface area is 270 Å². The van der Waals surface area contributed by atoms with Crippen LogP contribution in [-0.4, -0.2) is 39.7 Å². The Balaban J connectivity index is 1.34. The zero-order valence-electron chi connectivity index (χ0n) is 26.3. The predicted molar refractivity (Wildman–Crippen MR) is 193 cm³/mol. The fourth-order valence-corrected chi connectivity index (χ4v) is 7.20. The number of likely N-dealkylation sites (N-methyl/N-ethyl adjacent to an activating group) is 1. The van der Waals surface area contributed by atoms with Gasteiger partial charge in [-0.15, -0.1) is 0 Å². The Morgan fingerprint density at radius 2 is 1.41 bits per heavy atom. The van der Waals surface area contributed by atoms with Gasteiger partial charge in [0.25, 0.3) is 0 Å². The Kier molecular flexibility index (Phi) is 7.26. The van der Waals surface area contributed by atoms with Gasteiger partial charge < -0.3 is 4.90 Å². The second-order valence-corrected chi connectivity index (χ2v) is 12.5. The quantitative estimate of drug-likeness (QED) is 0.186. The second kappa shape index (κ2) is 11.9. The lowest BCUT2D eigenvalue weighted by Crippen LogP contribution is -2.37. The topological polar surface area (TPSA) is 41.4 Å². The fourth-order valence-electron chi connectivity index (χ4n) is 7.20. The number of aromatic nitrogens is 2. The summed E-state index contributed by atoms with van der Waals surface area (Å²) in [5.74, 6) is 0. The molecule has 0 radical (unpaired) electrons. The molecular formula is C42H36N4. The van der Waals surface area contributed by atoms with Crippen LogP contribution in [0.25, 0.3) is 60.8 Å². The fraction of sp³-hybridized carbons (Fsp3) is 0.167. The van der Waals surface area contributed by atoms with Crippen molar-refractivity contribution in [2.24, 2.45) is 4.99 Å². The van der Waals surface area contributed by atoms with Crippen LogP contribution >= 0.6 is 0 Å². The van der Waals surface area contributed by atoms with Gasteiger partial charge in [-0.25, -0.2) is 0 Å². The maximum Gasteiger partial charge on any atom is 0.0886 e. The molecule has 224 valence electrons. The third-order valence-corrected chi connectivity index (χ3v) is 9.42. The zero-order valence-corrected chi connectivity index (χ0v) is 26.3. The van der Waals surface area contributed by atoms with Crippen molar-refractivity contribution in [3.63, 3.8) is 0 Å². The highest BCUT2D eigenvalue weighted by Gasteiger charge is 2.25. The SMILES string of the molecule is CC1CCCC(C2C=CC(c3c4ccccc4c(-c4ccc(-c5ccccn5)nc4)c4ccc(-c5ccccc5)cc34)=CN2C)=N1. The van der Waals surface area contributed by atoms with Crippen LogP contribution in [0.3, 0.4) is 0 Å². The van der Waals surface area contributed by atoms with E-state index in [4.69, 9.17) is 9.98 Å². The third kappa shape index (κ3) is 5.10. The van der Waals surface area contributed by atoms with E-state index in [2.05, 4.69) is 127 Å². The highest BCUT2D eigenvalue weighted by molar-refractivity contribution is 6.20. The molecule has 2 atom stereocenters. The van der Waals surface area contributed by atoms with Crippen molar-refractivity contribution in [1.82, 2.24) is 14.9 Å². The molecule has 0 N–H and O–H groups in total. The Morgan fingerprint density at radius 3 is 2.15 bits per heavy atom. The van der Waals surface area contributed by atoms with Crippen LogP contribution in [0.2, 0.25) is 0 Å². The van der Waals surface area contributed by atoms with Gasteiger partial charge in [0.1, 0.15) is 0 Å². The maximum atomic E-state index is 5.05. The van der Waals surface area contributed by atoms with Crippen molar-refractivity contribution < 1.29 is 0 Å². The minimum atomic E-state index is 0.201. The van der Waals surface area contributed by atoms with Gasteiger partial charge in [0, 0.05) is 43.0 Å². The molecule has 2 aromatic heterocycles. The van der Waals surface area contributed by atoms with Crippen molar-refractivity contribution in [1.29, 1.82) is 0 Å². The van der Waals surface area contributed by atoms with Crippen molar-refractivity contribution >= 4 is 32.8 Å². The van der Waals surface area contributed by atoms with E-state index < -0.39 is 0 Å². The molecule has 4 heteroatoms. The molecule has 8 rings (SSSR count). The normalized spacial score (nSPS) is 18.1. The number of rotatable bonds is 5. The lowest BCUT2D eigenvalue weighted by molar-refractivity contribution is 0.440. The summed E-state index contributed by atoms with van der Waals surface area (Å²) < 4.78 is 0. The van der Waals surface area contributed by atoms with E-state index in [1.165, 1.54) is 67.9 Å². The number of pyridine rings is 2. The Bertz CT molecular complexity index is 2140. The molecule has 0 bridgehead atoms. The molecule has 2 aliphatic heterocycles. The molecule has 2 unspecified atom stereocenters. The summed E-state index contributed by atoms with van der Waals surface area (Å²) in [5.41, 5.74) is 10.2. The molecule has 4 heterocycles. The zero-order chi connectivity index (χ0) is 31.0. The van der Waals surface area contributed by atoms with Gasteiger partial charge in [-0.1, -0.05) is 91.0 Å². The van der Waals surface area contributed by atoms with Crippen LogP contribution in [0.5, 0.6) is 0 Å². The highest BCUT2D eigenvalue weighted by atomic mass is 15.1. The summed E-state index contributed by atoms with van der Waals surface area (Å²) in [5, 5.41) is 4.89. The summed E-state index contributed by atoms with van der Waals surface area (Å²) in [6.07, 6.45) is 14.3. The van der Waals surface area contributed by atoms with Crippen LogP contribution in [0.15, 0.2) is 139 Å². The van der Waals surface area contributed by atoms with E-state index in [1.807, 2.05) is 30.6 Å². The van der Waals surface area contributed by atoms with Gasteiger partial charge in [-0.05, 0) is 99.8 Å². The van der Waals surface area contributed by atoms with Crippen LogP contribution in [0.4, 0.5) is 0 Å². The van der Waals surface area contributed by atoms with Gasteiger partial charge in [-0.3, -0.25) is 15.0 Å². The summed E-state index contributed by atoms with van der Waals surface area (Å²) in [4.78, 5) is 16.8. The Morgan fingerprint density at radius 1 is 0.674 bits per heavy atom. The third-order valence-electron chi connectivity index (χ3n) is 9.42. The molecule has 0 spiro atoms. The number of aliphatic imine (C=N–C) groups is 1. The van der Waals surface area contributed by atoms with E-state index >= 15 is 0 Å². The molecule has 46 heavy (non-hydrogen) atoms. The molecule has 0 fully saturated rings. The minimum Gasteiger partial charge on any atom is -0.368 e. The number of hydrogen-bond acceptors (Lipinski definition) is 4. The summed E-state index contributed by atoms with van der Waals surface area (Å²) in [7, 11) is 2.19. The first-order valence-electron chi connectivity index (χ1n) is 16.2. The number of fused-ring (bicyclic) bond motifs is 2. The lowest BCUT2D eigenvalue weighted by atomic mass is 9.84. The van der Waals surface area contributed by atoms with Crippen LogP contribution < -0.4 is 0 Å². The molecule has 0 aliphatic carbocycles. The number of benzene rings is 4. The van der Waals surface area contributed by atoms with Gasteiger partial charge in [0.15, 0.2) is 0 Å². The first-order valence-corrected chi connectivity index (χ1v) is 16.2. The number of allylic oxidation sites excluding steroid dienone is 2. The molecule has 4 aromatic carbocycles. The lowest BCUT2D eigenvalue weighted by Gasteiger charge is -2.32. The van der Waals surface area contributed by atoms with E-state index in [0.717, 1.165) is 23.4 Å². The summed E-state index contributed by atoms with van der Waals surface area (Å²) >= 11 is 0. The van der Waals surface area contributed by atoms with Crippen LogP contribution in [0, 0.1) is 0 Å². The predicted octanol–water partition coefficient (Wildman–Crippen LogP) is 10.0. The van der Waals surface area contributed by atoms with Crippen LogP contribution in [-0.2, 0) is 0 Å². The molecule has 2 aliphatic rings. The molecule has 0 saturated heterocycles. The molecule has 0 saturated carbocycles. The average molecular weight is 597 g/mol. The first-order chi connectivity index (χ1) is 22.6. The van der Waals surface area contributed by atoms with Crippen molar-refractivity contribution in [3.8, 4) is 33.6 Å². The van der Waals surface area contributed by atoms with Crippen LogP contribution in [0.1, 0.15) is 31.7 Å². The maximum absolute atomic E-state index is 5.05. The summed E-state index contributed by atoms with van der Waals surface area (Å²) in [6, 6.07) is 37.2. The largest absolute Gasteiger partial charge is 0.368 e.